The Morgan fingerprint density at radius 1 is 1.12 bits per heavy atom. The number of allylic oxidation sites excluding steroid dienone is 12. The zero-order valence-corrected chi connectivity index (χ0v) is 25.3. The highest BCUT2D eigenvalue weighted by Gasteiger charge is 2.15. The van der Waals surface area contributed by atoms with Crippen LogP contribution in [0.2, 0.25) is 0 Å². The van der Waals surface area contributed by atoms with Gasteiger partial charge < -0.3 is 4.90 Å². The van der Waals surface area contributed by atoms with Crippen molar-refractivity contribution >= 4 is 17.3 Å². The summed E-state index contributed by atoms with van der Waals surface area (Å²) < 4.78 is 0. The third-order valence-electron chi connectivity index (χ3n) is 6.58. The smallest absolute Gasteiger partial charge is 0.132 e. The Balaban J connectivity index is 2.11. The Morgan fingerprint density at radius 3 is 2.52 bits per heavy atom. The fourth-order valence-corrected chi connectivity index (χ4v) is 4.32. The van der Waals surface area contributed by atoms with E-state index in [9.17, 15) is 0 Å². The van der Waals surface area contributed by atoms with Crippen molar-refractivity contribution in [1.29, 1.82) is 5.41 Å². The maximum atomic E-state index is 8.70. The molecule has 0 fully saturated rings. The molecule has 0 unspecified atom stereocenters. The van der Waals surface area contributed by atoms with Crippen LogP contribution < -0.4 is 0 Å². The summed E-state index contributed by atoms with van der Waals surface area (Å²) in [7, 11) is 0. The second-order valence-electron chi connectivity index (χ2n) is 10.2. The van der Waals surface area contributed by atoms with Gasteiger partial charge in [-0.15, -0.1) is 0 Å². The van der Waals surface area contributed by atoms with E-state index in [1.54, 1.807) is 6.20 Å². The Labute approximate surface area is 243 Å². The van der Waals surface area contributed by atoms with Gasteiger partial charge in [0.15, 0.2) is 0 Å². The third-order valence-corrected chi connectivity index (χ3v) is 6.58. The summed E-state index contributed by atoms with van der Waals surface area (Å²) in [5.74, 6) is 0.808. The molecule has 0 spiro atoms. The number of rotatable bonds is 14. The molecule has 0 atom stereocenters. The van der Waals surface area contributed by atoms with Crippen molar-refractivity contribution in [2.75, 3.05) is 13.1 Å². The molecule has 2 rings (SSSR count). The predicted molar refractivity (Wildman–Crippen MR) is 177 cm³/mol. The zero-order valence-electron chi connectivity index (χ0n) is 25.3. The first-order valence-corrected chi connectivity index (χ1v) is 14.5. The van der Waals surface area contributed by atoms with Crippen LogP contribution in [0.1, 0.15) is 66.7 Å². The highest BCUT2D eigenvalue weighted by molar-refractivity contribution is 6.00. The van der Waals surface area contributed by atoms with Gasteiger partial charge in [-0.3, -0.25) is 15.4 Å². The molecule has 0 saturated carbocycles. The van der Waals surface area contributed by atoms with Crippen molar-refractivity contribution in [3.63, 3.8) is 0 Å². The first-order chi connectivity index (χ1) is 19.3. The summed E-state index contributed by atoms with van der Waals surface area (Å²) in [5, 5.41) is 8.70. The average molecular weight is 537 g/mol. The van der Waals surface area contributed by atoms with Crippen molar-refractivity contribution in [1.82, 2.24) is 4.90 Å². The molecule has 2 aliphatic carbocycles. The van der Waals surface area contributed by atoms with Crippen LogP contribution in [0.3, 0.4) is 0 Å². The van der Waals surface area contributed by atoms with Gasteiger partial charge >= 0.3 is 0 Å². The standard InChI is InChI=1S/C36H48N4/c1-8-16-33(9-2)38-26-35(25-28(5)6)39-34(10-3)24-23-30-17-15-18-31(22-21-30)27-40(11-4)36(37)29(7)32-19-13-12-14-20-32/h8,11-13,16-19,21-25,28,37H,4,7,9-10,14-15,20,26-27H2,1-3,5-6H3/b16-8-,24-23+,35-25+,37-36?,38-33?,39-34+. The van der Waals surface area contributed by atoms with Gasteiger partial charge in [-0.05, 0) is 80.0 Å². The topological polar surface area (TPSA) is 51.8 Å². The second-order valence-corrected chi connectivity index (χ2v) is 10.2. The number of hydrogen-bond acceptors (Lipinski definition) is 3. The van der Waals surface area contributed by atoms with Crippen LogP contribution in [0.5, 0.6) is 0 Å². The fourth-order valence-electron chi connectivity index (χ4n) is 4.32. The van der Waals surface area contributed by atoms with E-state index in [2.05, 4.69) is 102 Å². The fraction of sp³-hybridized carbons (Fsp3) is 0.361. The van der Waals surface area contributed by atoms with Gasteiger partial charge in [0.05, 0.1) is 12.2 Å². The molecule has 0 bridgehead atoms. The highest BCUT2D eigenvalue weighted by atomic mass is 15.1. The number of amidine groups is 1. The van der Waals surface area contributed by atoms with Crippen molar-refractivity contribution in [3.8, 4) is 0 Å². The molecule has 212 valence electrons. The molecule has 4 heteroatoms. The molecule has 1 N–H and O–H groups in total. The lowest BCUT2D eigenvalue weighted by Crippen LogP contribution is -2.28. The lowest BCUT2D eigenvalue weighted by atomic mass is 9.97. The molecule has 4 nitrogen and oxygen atoms in total. The number of hydrogen-bond donors (Lipinski definition) is 1. The van der Waals surface area contributed by atoms with Crippen LogP contribution >= 0.6 is 0 Å². The minimum absolute atomic E-state index is 0.401. The molecule has 0 aromatic carbocycles. The first kappa shape index (κ1) is 32.4. The maximum absolute atomic E-state index is 8.70. The van der Waals surface area contributed by atoms with Crippen LogP contribution in [-0.2, 0) is 0 Å². The molecular formula is C36H48N4. The summed E-state index contributed by atoms with van der Waals surface area (Å²) in [6.07, 6.45) is 31.7. The summed E-state index contributed by atoms with van der Waals surface area (Å²) >= 11 is 0. The van der Waals surface area contributed by atoms with Crippen LogP contribution in [0.15, 0.2) is 130 Å². The molecule has 0 aromatic rings. The second kappa shape index (κ2) is 17.7. The van der Waals surface area contributed by atoms with Gasteiger partial charge in [0.2, 0.25) is 0 Å². The Bertz CT molecular complexity index is 1220. The monoisotopic (exact) mass is 536 g/mol. The largest absolute Gasteiger partial charge is 0.329 e. The van der Waals surface area contributed by atoms with Crippen LogP contribution in [0.4, 0.5) is 0 Å². The van der Waals surface area contributed by atoms with Crippen LogP contribution in [-0.4, -0.2) is 35.2 Å². The summed E-state index contributed by atoms with van der Waals surface area (Å²) in [5.41, 5.74) is 7.31. The Kier molecular flexibility index (Phi) is 14.4. The molecule has 0 radical (unpaired) electrons. The van der Waals surface area contributed by atoms with Gasteiger partial charge in [-0.2, -0.15) is 0 Å². The van der Waals surface area contributed by atoms with E-state index in [1.807, 2.05) is 24.0 Å². The molecule has 0 aliphatic heterocycles. The van der Waals surface area contributed by atoms with Crippen molar-refractivity contribution < 1.29 is 0 Å². The number of nitrogens with one attached hydrogen (secondary N) is 1. The molecule has 0 saturated heterocycles. The molecule has 0 heterocycles. The zero-order chi connectivity index (χ0) is 29.3. The SMILES string of the molecule is C=CN(CC1=CCC=C(/C=C/C(CC)=N/C(=C/C(C)C)CN=C(/C=C\C)CC)C=C1)C(=N)C(=C)C1=CC=CCC1. The van der Waals surface area contributed by atoms with E-state index in [4.69, 9.17) is 15.4 Å². The third kappa shape index (κ3) is 11.1. The van der Waals surface area contributed by atoms with Gasteiger partial charge in [-0.25, -0.2) is 0 Å². The number of nitrogens with zero attached hydrogens (tertiary/aromatic N) is 3. The van der Waals surface area contributed by atoms with Crippen molar-refractivity contribution in [2.45, 2.75) is 66.7 Å². The van der Waals surface area contributed by atoms with E-state index < -0.39 is 0 Å². The summed E-state index contributed by atoms with van der Waals surface area (Å²) in [4.78, 5) is 11.6. The van der Waals surface area contributed by atoms with E-state index in [0.717, 1.165) is 71.5 Å². The van der Waals surface area contributed by atoms with Crippen LogP contribution in [0.25, 0.3) is 0 Å². The van der Waals surface area contributed by atoms with Crippen molar-refractivity contribution in [3.05, 3.63) is 120 Å². The summed E-state index contributed by atoms with van der Waals surface area (Å²) in [6, 6.07) is 0. The van der Waals surface area contributed by atoms with E-state index >= 15 is 0 Å². The van der Waals surface area contributed by atoms with E-state index in [-0.39, 0.29) is 0 Å². The maximum Gasteiger partial charge on any atom is 0.132 e. The van der Waals surface area contributed by atoms with Gasteiger partial charge in [-0.1, -0.05) is 102 Å². The normalized spacial score (nSPS) is 16.8. The van der Waals surface area contributed by atoms with Gasteiger partial charge in [0.1, 0.15) is 5.84 Å². The minimum Gasteiger partial charge on any atom is -0.329 e. The Morgan fingerprint density at radius 2 is 1.90 bits per heavy atom. The molecule has 40 heavy (non-hydrogen) atoms. The molecule has 2 aliphatic rings. The van der Waals surface area contributed by atoms with Gasteiger partial charge in [0.25, 0.3) is 0 Å². The van der Waals surface area contributed by atoms with E-state index in [0.29, 0.717) is 24.8 Å². The van der Waals surface area contributed by atoms with Gasteiger partial charge in [0, 0.05) is 23.5 Å². The molecule has 0 aromatic heterocycles. The predicted octanol–water partition coefficient (Wildman–Crippen LogP) is 9.43. The average Bonchev–Trinajstić information content (AvgIpc) is 3.20. The Hall–Kier alpha value is -3.79. The number of aliphatic imine (C=N–C) groups is 2. The van der Waals surface area contributed by atoms with Crippen LogP contribution in [0, 0.1) is 11.3 Å². The lowest BCUT2D eigenvalue weighted by molar-refractivity contribution is 0.607. The lowest BCUT2D eigenvalue weighted by Gasteiger charge is -2.24. The minimum atomic E-state index is 0.401. The summed E-state index contributed by atoms with van der Waals surface area (Å²) in [6.45, 7) is 20.0. The van der Waals surface area contributed by atoms with Crippen molar-refractivity contribution in [2.24, 2.45) is 15.9 Å². The first-order valence-electron chi connectivity index (χ1n) is 14.5. The quantitative estimate of drug-likeness (QED) is 0.174. The molecule has 0 amide bonds. The van der Waals surface area contributed by atoms with E-state index in [1.165, 1.54) is 0 Å². The highest BCUT2D eigenvalue weighted by Crippen LogP contribution is 2.22. The molecular weight excluding hydrogens is 488 g/mol.